The molecule has 0 aromatic heterocycles. The van der Waals surface area contributed by atoms with Crippen LogP contribution < -0.4 is 0 Å². The van der Waals surface area contributed by atoms with Crippen molar-refractivity contribution < 1.29 is 5.11 Å². The van der Waals surface area contributed by atoms with Crippen molar-refractivity contribution in [2.45, 2.75) is 12.8 Å². The number of alkyl halides is 1. The van der Waals surface area contributed by atoms with Gasteiger partial charge in [0.15, 0.2) is 0 Å². The zero-order valence-electron chi connectivity index (χ0n) is 6.56. The van der Waals surface area contributed by atoms with Gasteiger partial charge in [0, 0.05) is 15.9 Å². The number of aromatic hydroxyl groups is 1. The largest absolute Gasteiger partial charge is 0.508 e. The van der Waals surface area contributed by atoms with E-state index < -0.39 is 0 Å². The van der Waals surface area contributed by atoms with Gasteiger partial charge in [0.05, 0.1) is 0 Å². The monoisotopic (exact) mass is 248 g/mol. The van der Waals surface area contributed by atoms with E-state index >= 15 is 0 Å². The van der Waals surface area contributed by atoms with E-state index in [0.29, 0.717) is 10.8 Å². The van der Waals surface area contributed by atoms with E-state index in [4.69, 9.17) is 11.6 Å². The summed E-state index contributed by atoms with van der Waals surface area (Å²) in [5.74, 6) is 0.295. The van der Waals surface area contributed by atoms with E-state index in [9.17, 15) is 5.11 Å². The molecule has 66 valence electrons. The molecular weight excluding hydrogens is 239 g/mol. The van der Waals surface area contributed by atoms with Gasteiger partial charge in [-0.25, -0.2) is 0 Å². The summed E-state index contributed by atoms with van der Waals surface area (Å²) >= 11 is 9.22. The molecule has 0 bridgehead atoms. The topological polar surface area (TPSA) is 20.2 Å². The number of phenolic OH excluding ortho intramolecular Hbond substituents is 1. The molecule has 0 aliphatic heterocycles. The highest BCUT2D eigenvalue weighted by Crippen LogP contribution is 2.26. The fraction of sp³-hybridized carbons (Fsp3) is 0.333. The van der Waals surface area contributed by atoms with Crippen LogP contribution >= 0.6 is 27.5 Å². The van der Waals surface area contributed by atoms with E-state index in [1.165, 1.54) is 0 Å². The van der Waals surface area contributed by atoms with E-state index in [0.717, 1.165) is 23.7 Å². The van der Waals surface area contributed by atoms with Gasteiger partial charge in [0.25, 0.3) is 0 Å². The van der Waals surface area contributed by atoms with Gasteiger partial charge in [-0.1, -0.05) is 33.6 Å². The van der Waals surface area contributed by atoms with E-state index in [1.807, 2.05) is 0 Å². The lowest BCUT2D eigenvalue weighted by Crippen LogP contribution is -1.88. The second kappa shape index (κ2) is 4.73. The van der Waals surface area contributed by atoms with Crippen molar-refractivity contribution in [3.05, 3.63) is 28.8 Å². The summed E-state index contributed by atoms with van der Waals surface area (Å²) < 4.78 is 0. The average Bonchev–Trinajstić information content (AvgIpc) is 2.04. The summed E-state index contributed by atoms with van der Waals surface area (Å²) in [4.78, 5) is 0. The predicted octanol–water partition coefficient (Wildman–Crippen LogP) is 3.37. The molecule has 1 N–H and O–H groups in total. The maximum absolute atomic E-state index is 9.42. The molecule has 0 saturated carbocycles. The van der Waals surface area contributed by atoms with Crippen LogP contribution in [0.4, 0.5) is 0 Å². The fourth-order valence-electron chi connectivity index (χ4n) is 1.04. The number of rotatable bonds is 3. The first-order chi connectivity index (χ1) is 5.75. The summed E-state index contributed by atoms with van der Waals surface area (Å²) in [7, 11) is 0. The third-order valence-corrected chi connectivity index (χ3v) is 2.57. The molecule has 0 aliphatic rings. The molecule has 3 heteroatoms. The Balaban J connectivity index is 2.81. The van der Waals surface area contributed by atoms with Gasteiger partial charge in [0.1, 0.15) is 5.75 Å². The SMILES string of the molecule is Oc1cccc(Cl)c1CCCBr. The minimum absolute atomic E-state index is 0.295. The Kier molecular flexibility index (Phi) is 3.89. The number of benzene rings is 1. The molecule has 0 amide bonds. The summed E-state index contributed by atoms with van der Waals surface area (Å²) in [5.41, 5.74) is 0.846. The molecule has 0 fully saturated rings. The van der Waals surface area contributed by atoms with Crippen molar-refractivity contribution in [2.24, 2.45) is 0 Å². The van der Waals surface area contributed by atoms with E-state index in [-0.39, 0.29) is 0 Å². The van der Waals surface area contributed by atoms with Crippen molar-refractivity contribution in [2.75, 3.05) is 5.33 Å². The van der Waals surface area contributed by atoms with Gasteiger partial charge < -0.3 is 5.11 Å². The van der Waals surface area contributed by atoms with Gasteiger partial charge in [-0.05, 0) is 25.0 Å². The molecule has 0 spiro atoms. The van der Waals surface area contributed by atoms with Gasteiger partial charge >= 0.3 is 0 Å². The van der Waals surface area contributed by atoms with Crippen LogP contribution in [-0.2, 0) is 6.42 Å². The Labute approximate surface area is 85.5 Å². The lowest BCUT2D eigenvalue weighted by atomic mass is 10.1. The molecule has 1 rings (SSSR count). The van der Waals surface area contributed by atoms with Crippen molar-refractivity contribution in [3.63, 3.8) is 0 Å². The number of halogens is 2. The summed E-state index contributed by atoms with van der Waals surface area (Å²) in [6.45, 7) is 0. The zero-order chi connectivity index (χ0) is 8.97. The highest BCUT2D eigenvalue weighted by atomic mass is 79.9. The average molecular weight is 250 g/mol. The Morgan fingerprint density at radius 2 is 2.17 bits per heavy atom. The molecule has 0 saturated heterocycles. The molecule has 1 nitrogen and oxygen atoms in total. The van der Waals surface area contributed by atoms with Crippen molar-refractivity contribution >= 4 is 27.5 Å². The highest BCUT2D eigenvalue weighted by molar-refractivity contribution is 9.09. The molecule has 0 radical (unpaired) electrons. The second-order valence-corrected chi connectivity index (χ2v) is 3.73. The molecule has 0 atom stereocenters. The standard InChI is InChI=1S/C9H10BrClO/c10-6-2-3-7-8(11)4-1-5-9(7)12/h1,4-5,12H,2-3,6H2. The lowest BCUT2D eigenvalue weighted by Gasteiger charge is -2.04. The summed E-state index contributed by atoms with van der Waals surface area (Å²) in [5, 5.41) is 11.0. The number of hydrogen-bond acceptors (Lipinski definition) is 1. The predicted molar refractivity (Wildman–Crippen MR) is 55.2 cm³/mol. The van der Waals surface area contributed by atoms with Crippen LogP contribution in [0.2, 0.25) is 5.02 Å². The smallest absolute Gasteiger partial charge is 0.120 e. The number of hydrogen-bond donors (Lipinski definition) is 1. The molecule has 0 unspecified atom stereocenters. The summed E-state index contributed by atoms with van der Waals surface area (Å²) in [6, 6.07) is 5.20. The molecule has 0 heterocycles. The van der Waals surface area contributed by atoms with Crippen LogP contribution in [0.1, 0.15) is 12.0 Å². The van der Waals surface area contributed by atoms with Crippen LogP contribution in [0.5, 0.6) is 5.75 Å². The molecule has 12 heavy (non-hydrogen) atoms. The molecular formula is C9H10BrClO. The van der Waals surface area contributed by atoms with Crippen LogP contribution in [0.25, 0.3) is 0 Å². The van der Waals surface area contributed by atoms with Gasteiger partial charge in [-0.15, -0.1) is 0 Å². The van der Waals surface area contributed by atoms with Crippen LogP contribution in [0.3, 0.4) is 0 Å². The maximum Gasteiger partial charge on any atom is 0.120 e. The van der Waals surface area contributed by atoms with Crippen LogP contribution in [0.15, 0.2) is 18.2 Å². The highest BCUT2D eigenvalue weighted by Gasteiger charge is 2.04. The minimum atomic E-state index is 0.295. The third-order valence-electron chi connectivity index (χ3n) is 1.65. The van der Waals surface area contributed by atoms with Gasteiger partial charge in [0.2, 0.25) is 0 Å². The van der Waals surface area contributed by atoms with Crippen molar-refractivity contribution in [1.82, 2.24) is 0 Å². The Morgan fingerprint density at radius 1 is 1.42 bits per heavy atom. The maximum atomic E-state index is 9.42. The van der Waals surface area contributed by atoms with Crippen molar-refractivity contribution in [1.29, 1.82) is 0 Å². The Hall–Kier alpha value is -0.210. The fourth-order valence-corrected chi connectivity index (χ4v) is 1.58. The first kappa shape index (κ1) is 9.87. The van der Waals surface area contributed by atoms with Gasteiger partial charge in [-0.2, -0.15) is 0 Å². The zero-order valence-corrected chi connectivity index (χ0v) is 8.90. The Morgan fingerprint density at radius 3 is 2.75 bits per heavy atom. The normalized spacial score (nSPS) is 10.2. The van der Waals surface area contributed by atoms with Crippen LogP contribution in [-0.4, -0.2) is 10.4 Å². The second-order valence-electron chi connectivity index (χ2n) is 2.53. The van der Waals surface area contributed by atoms with E-state index in [1.54, 1.807) is 18.2 Å². The first-order valence-electron chi connectivity index (χ1n) is 3.78. The minimum Gasteiger partial charge on any atom is -0.508 e. The molecule has 1 aromatic rings. The molecule has 0 aliphatic carbocycles. The molecule has 1 aromatic carbocycles. The number of phenols is 1. The first-order valence-corrected chi connectivity index (χ1v) is 5.28. The third kappa shape index (κ3) is 2.39. The quantitative estimate of drug-likeness (QED) is 0.814. The van der Waals surface area contributed by atoms with Crippen molar-refractivity contribution in [3.8, 4) is 5.75 Å². The van der Waals surface area contributed by atoms with Crippen LogP contribution in [0, 0.1) is 0 Å². The van der Waals surface area contributed by atoms with Gasteiger partial charge in [-0.3, -0.25) is 0 Å². The summed E-state index contributed by atoms with van der Waals surface area (Å²) in [6.07, 6.45) is 1.80. The lowest BCUT2D eigenvalue weighted by molar-refractivity contribution is 0.468. The van der Waals surface area contributed by atoms with E-state index in [2.05, 4.69) is 15.9 Å². The Bertz CT molecular complexity index is 242.